The number of rotatable bonds is 7. The lowest BCUT2D eigenvalue weighted by molar-refractivity contribution is -0.0351. The zero-order chi connectivity index (χ0) is 15.2. The highest BCUT2D eigenvalue weighted by molar-refractivity contribution is 5.19. The minimum Gasteiger partial charge on any atom is -0.390 e. The minimum absolute atomic E-state index is 0.219. The molecular formula is C16H23N3O2. The molecule has 0 saturated heterocycles. The number of hydrogen-bond acceptors (Lipinski definition) is 4. The fourth-order valence-electron chi connectivity index (χ4n) is 2.40. The Labute approximate surface area is 125 Å². The molecule has 1 heterocycles. The lowest BCUT2D eigenvalue weighted by atomic mass is 10.0. The van der Waals surface area contributed by atoms with E-state index in [-0.39, 0.29) is 12.1 Å². The Morgan fingerprint density at radius 3 is 2.57 bits per heavy atom. The topological polar surface area (TPSA) is 60.2 Å². The third-order valence-electron chi connectivity index (χ3n) is 3.35. The van der Waals surface area contributed by atoms with E-state index in [0.29, 0.717) is 13.0 Å². The standard InChI is InChI=1S/C16H23N3O2/c1-4-21-16(13-8-6-5-7-9-13)14(20)10-15-17-11-18-19(15)12(2)3/h5-9,11-12,14,16,20H,4,10H2,1-3H3. The van der Waals surface area contributed by atoms with E-state index < -0.39 is 6.10 Å². The SMILES string of the molecule is CCOC(c1ccccc1)C(O)Cc1ncnn1C(C)C. The highest BCUT2D eigenvalue weighted by Crippen LogP contribution is 2.23. The molecule has 0 amide bonds. The maximum absolute atomic E-state index is 10.6. The third kappa shape index (κ3) is 3.89. The fourth-order valence-corrected chi connectivity index (χ4v) is 2.40. The zero-order valence-electron chi connectivity index (χ0n) is 12.8. The van der Waals surface area contributed by atoms with E-state index in [0.717, 1.165) is 11.4 Å². The molecule has 2 aromatic rings. The lowest BCUT2D eigenvalue weighted by Gasteiger charge is -2.23. The normalized spacial score (nSPS) is 14.3. The van der Waals surface area contributed by atoms with Crippen molar-refractivity contribution in [3.8, 4) is 0 Å². The molecule has 0 radical (unpaired) electrons. The Kier molecular flexibility index (Phi) is 5.47. The smallest absolute Gasteiger partial charge is 0.138 e. The van der Waals surface area contributed by atoms with Crippen molar-refractivity contribution >= 4 is 0 Å². The van der Waals surface area contributed by atoms with Gasteiger partial charge in [-0.25, -0.2) is 9.67 Å². The van der Waals surface area contributed by atoms with Crippen molar-refractivity contribution in [2.75, 3.05) is 6.61 Å². The molecule has 1 aromatic heterocycles. The van der Waals surface area contributed by atoms with Crippen LogP contribution in [-0.4, -0.2) is 32.6 Å². The summed E-state index contributed by atoms with van der Waals surface area (Å²) in [6, 6.07) is 10.0. The van der Waals surface area contributed by atoms with Gasteiger partial charge in [0.1, 0.15) is 18.3 Å². The number of aliphatic hydroxyl groups excluding tert-OH is 1. The second kappa shape index (κ2) is 7.33. The molecule has 2 atom stereocenters. The Morgan fingerprint density at radius 2 is 1.95 bits per heavy atom. The van der Waals surface area contributed by atoms with Gasteiger partial charge in [0.15, 0.2) is 0 Å². The number of benzene rings is 1. The van der Waals surface area contributed by atoms with Crippen LogP contribution in [0.5, 0.6) is 0 Å². The van der Waals surface area contributed by atoms with E-state index in [1.165, 1.54) is 6.33 Å². The van der Waals surface area contributed by atoms with Gasteiger partial charge in [0.2, 0.25) is 0 Å². The number of nitrogens with zero attached hydrogens (tertiary/aromatic N) is 3. The van der Waals surface area contributed by atoms with Gasteiger partial charge >= 0.3 is 0 Å². The fraction of sp³-hybridized carbons (Fsp3) is 0.500. The second-order valence-corrected chi connectivity index (χ2v) is 5.27. The Bertz CT molecular complexity index is 539. The zero-order valence-corrected chi connectivity index (χ0v) is 12.8. The van der Waals surface area contributed by atoms with Crippen LogP contribution in [0.2, 0.25) is 0 Å². The van der Waals surface area contributed by atoms with Crippen molar-refractivity contribution in [1.29, 1.82) is 0 Å². The van der Waals surface area contributed by atoms with E-state index in [4.69, 9.17) is 4.74 Å². The highest BCUT2D eigenvalue weighted by Gasteiger charge is 2.24. The summed E-state index contributed by atoms with van der Waals surface area (Å²) in [6.07, 6.45) is 0.931. The molecule has 0 bridgehead atoms. The first-order chi connectivity index (χ1) is 10.1. The summed E-state index contributed by atoms with van der Waals surface area (Å²) < 4.78 is 7.56. The molecule has 0 aliphatic carbocycles. The second-order valence-electron chi connectivity index (χ2n) is 5.27. The summed E-state index contributed by atoms with van der Waals surface area (Å²) in [7, 11) is 0. The molecule has 0 saturated carbocycles. The van der Waals surface area contributed by atoms with Crippen LogP contribution in [-0.2, 0) is 11.2 Å². The highest BCUT2D eigenvalue weighted by atomic mass is 16.5. The van der Waals surface area contributed by atoms with Crippen molar-refractivity contribution in [2.24, 2.45) is 0 Å². The van der Waals surface area contributed by atoms with Crippen molar-refractivity contribution in [1.82, 2.24) is 14.8 Å². The van der Waals surface area contributed by atoms with Gasteiger partial charge in [-0.3, -0.25) is 0 Å². The molecule has 0 aliphatic heterocycles. The van der Waals surface area contributed by atoms with Crippen molar-refractivity contribution in [3.05, 3.63) is 48.0 Å². The molecule has 21 heavy (non-hydrogen) atoms. The molecule has 1 N–H and O–H groups in total. The molecule has 0 fully saturated rings. The summed E-state index contributed by atoms with van der Waals surface area (Å²) in [4.78, 5) is 4.25. The van der Waals surface area contributed by atoms with Gasteiger partial charge in [0.05, 0.1) is 6.10 Å². The summed E-state index contributed by atoms with van der Waals surface area (Å²) in [5, 5.41) is 14.8. The van der Waals surface area contributed by atoms with Crippen LogP contribution in [0.25, 0.3) is 0 Å². The summed E-state index contributed by atoms with van der Waals surface area (Å²) >= 11 is 0. The van der Waals surface area contributed by atoms with Gasteiger partial charge in [-0.1, -0.05) is 30.3 Å². The molecule has 5 nitrogen and oxygen atoms in total. The van der Waals surface area contributed by atoms with E-state index in [9.17, 15) is 5.11 Å². The van der Waals surface area contributed by atoms with Gasteiger partial charge in [0, 0.05) is 19.1 Å². The van der Waals surface area contributed by atoms with Crippen LogP contribution in [0.1, 0.15) is 44.3 Å². The summed E-state index contributed by atoms with van der Waals surface area (Å²) in [5.74, 6) is 0.776. The molecule has 5 heteroatoms. The Morgan fingerprint density at radius 1 is 1.24 bits per heavy atom. The Hall–Kier alpha value is -1.72. The predicted molar refractivity (Wildman–Crippen MR) is 80.9 cm³/mol. The monoisotopic (exact) mass is 289 g/mol. The van der Waals surface area contributed by atoms with Crippen molar-refractivity contribution in [3.63, 3.8) is 0 Å². The van der Waals surface area contributed by atoms with E-state index in [2.05, 4.69) is 10.1 Å². The van der Waals surface area contributed by atoms with Crippen LogP contribution in [0.4, 0.5) is 0 Å². The predicted octanol–water partition coefficient (Wildman–Crippen LogP) is 2.54. The number of aliphatic hydroxyl groups is 1. The first kappa shape index (κ1) is 15.7. The average molecular weight is 289 g/mol. The van der Waals surface area contributed by atoms with Gasteiger partial charge in [-0.2, -0.15) is 5.10 Å². The van der Waals surface area contributed by atoms with Crippen LogP contribution < -0.4 is 0 Å². The average Bonchev–Trinajstić information content (AvgIpc) is 2.94. The molecule has 0 spiro atoms. The first-order valence-corrected chi connectivity index (χ1v) is 7.36. The third-order valence-corrected chi connectivity index (χ3v) is 3.35. The summed E-state index contributed by atoms with van der Waals surface area (Å²) in [6.45, 7) is 6.57. The number of ether oxygens (including phenoxy) is 1. The van der Waals surface area contributed by atoms with Crippen LogP contribution in [0.15, 0.2) is 36.7 Å². The molecular weight excluding hydrogens is 266 g/mol. The van der Waals surface area contributed by atoms with Gasteiger partial charge in [-0.15, -0.1) is 0 Å². The van der Waals surface area contributed by atoms with E-state index in [1.54, 1.807) is 0 Å². The van der Waals surface area contributed by atoms with Gasteiger partial charge in [0.25, 0.3) is 0 Å². The van der Waals surface area contributed by atoms with Crippen molar-refractivity contribution < 1.29 is 9.84 Å². The van der Waals surface area contributed by atoms with E-state index >= 15 is 0 Å². The number of aromatic nitrogens is 3. The Balaban J connectivity index is 2.15. The van der Waals surface area contributed by atoms with E-state index in [1.807, 2.05) is 55.8 Å². The van der Waals surface area contributed by atoms with Gasteiger partial charge < -0.3 is 9.84 Å². The molecule has 2 rings (SSSR count). The number of hydrogen-bond donors (Lipinski definition) is 1. The molecule has 1 aromatic carbocycles. The lowest BCUT2D eigenvalue weighted by Crippen LogP contribution is -2.26. The van der Waals surface area contributed by atoms with Gasteiger partial charge in [-0.05, 0) is 26.3 Å². The van der Waals surface area contributed by atoms with Crippen LogP contribution in [0, 0.1) is 0 Å². The maximum Gasteiger partial charge on any atom is 0.138 e. The quantitative estimate of drug-likeness (QED) is 0.851. The van der Waals surface area contributed by atoms with Crippen LogP contribution >= 0.6 is 0 Å². The first-order valence-electron chi connectivity index (χ1n) is 7.36. The molecule has 114 valence electrons. The largest absolute Gasteiger partial charge is 0.390 e. The maximum atomic E-state index is 10.6. The van der Waals surface area contributed by atoms with Crippen LogP contribution in [0.3, 0.4) is 0 Å². The minimum atomic E-state index is -0.658. The molecule has 0 aliphatic rings. The molecule has 2 unspecified atom stereocenters. The summed E-state index contributed by atoms with van der Waals surface area (Å²) in [5.41, 5.74) is 0.975. The van der Waals surface area contributed by atoms with Crippen molar-refractivity contribution in [2.45, 2.75) is 45.4 Å².